The van der Waals surface area contributed by atoms with Crippen LogP contribution in [0, 0.1) is 26.7 Å². The molecule has 3 atom stereocenters. The van der Waals surface area contributed by atoms with E-state index in [1.54, 1.807) is 25.3 Å². The van der Waals surface area contributed by atoms with E-state index in [-0.39, 0.29) is 43.0 Å². The van der Waals surface area contributed by atoms with Crippen molar-refractivity contribution in [2.75, 3.05) is 32.1 Å². The number of amides is 1. The second-order valence-corrected chi connectivity index (χ2v) is 13.7. The highest BCUT2D eigenvalue weighted by atomic mass is 32.2. The average Bonchev–Trinajstić information content (AvgIpc) is 2.89. The molecule has 1 aliphatic carbocycles. The quantitative estimate of drug-likeness (QED) is 0.262. The van der Waals surface area contributed by atoms with Crippen molar-refractivity contribution < 1.29 is 30.9 Å². The number of aryl methyl sites for hydroxylation is 2. The van der Waals surface area contributed by atoms with Crippen molar-refractivity contribution in [2.45, 2.75) is 51.5 Å². The predicted molar refractivity (Wildman–Crippen MR) is 158 cm³/mol. The van der Waals surface area contributed by atoms with E-state index in [4.69, 9.17) is 9.29 Å². The third kappa shape index (κ3) is 8.32. The number of sulfonamides is 1. The Morgan fingerprint density at radius 1 is 1.15 bits per heavy atom. The Bertz CT molecular complexity index is 1520. The van der Waals surface area contributed by atoms with Crippen molar-refractivity contribution in [1.82, 2.24) is 14.6 Å². The summed E-state index contributed by atoms with van der Waals surface area (Å²) >= 11 is 0. The second kappa shape index (κ2) is 13.8. The van der Waals surface area contributed by atoms with E-state index < -0.39 is 37.8 Å². The van der Waals surface area contributed by atoms with Gasteiger partial charge in [0.25, 0.3) is 10.1 Å². The normalized spacial score (nSPS) is 18.3. The van der Waals surface area contributed by atoms with E-state index in [1.807, 2.05) is 51.3 Å². The van der Waals surface area contributed by atoms with Gasteiger partial charge < -0.3 is 10.1 Å². The van der Waals surface area contributed by atoms with E-state index in [1.165, 1.54) is 4.31 Å². The molecule has 0 radical (unpaired) electrons. The topological polar surface area (TPSA) is 143 Å². The molecule has 12 heteroatoms. The van der Waals surface area contributed by atoms with Gasteiger partial charge in [0.1, 0.15) is 6.61 Å². The van der Waals surface area contributed by atoms with Gasteiger partial charge in [-0.2, -0.15) is 12.7 Å². The van der Waals surface area contributed by atoms with E-state index in [2.05, 4.69) is 23.3 Å². The zero-order chi connectivity index (χ0) is 30.4. The molecule has 41 heavy (non-hydrogen) atoms. The number of aromatic nitrogens is 1. The van der Waals surface area contributed by atoms with Crippen LogP contribution in [0.25, 0.3) is 0 Å². The van der Waals surface area contributed by atoms with Gasteiger partial charge in [0.2, 0.25) is 15.9 Å². The first kappa shape index (κ1) is 32.6. The SMILES string of the molecule is Cc1cnccc1C1C=CC=C([C@H](C)N(CCOCC(=O)NCCS(=O)(=O)O)S(=O)(=O)c2cccc(C)c2C)C1C. The van der Waals surface area contributed by atoms with Crippen molar-refractivity contribution in [1.29, 1.82) is 0 Å². The molecule has 1 aromatic carbocycles. The number of nitrogens with one attached hydrogen (secondary N) is 1. The molecule has 0 saturated heterocycles. The number of hydrogen-bond acceptors (Lipinski definition) is 7. The molecule has 1 amide bonds. The van der Waals surface area contributed by atoms with Crippen molar-refractivity contribution >= 4 is 26.0 Å². The van der Waals surface area contributed by atoms with E-state index in [0.29, 0.717) is 5.56 Å². The monoisotopic (exact) mass is 605 g/mol. The highest BCUT2D eigenvalue weighted by molar-refractivity contribution is 7.89. The number of carbonyl (C=O) groups is 1. The number of benzene rings is 1. The van der Waals surface area contributed by atoms with Crippen LogP contribution in [-0.4, -0.2) is 74.7 Å². The minimum absolute atomic E-state index is 0.00177. The van der Waals surface area contributed by atoms with Crippen LogP contribution in [0.2, 0.25) is 0 Å². The first-order valence-electron chi connectivity index (χ1n) is 13.4. The van der Waals surface area contributed by atoms with Gasteiger partial charge in [-0.25, -0.2) is 8.42 Å². The van der Waals surface area contributed by atoms with E-state index >= 15 is 0 Å². The fourth-order valence-corrected chi connectivity index (χ4v) is 7.34. The molecule has 2 unspecified atom stereocenters. The van der Waals surface area contributed by atoms with Gasteiger partial charge in [0.15, 0.2) is 0 Å². The zero-order valence-corrected chi connectivity index (χ0v) is 25.7. The predicted octanol–water partition coefficient (Wildman–Crippen LogP) is 3.32. The third-order valence-electron chi connectivity index (χ3n) is 7.52. The smallest absolute Gasteiger partial charge is 0.266 e. The molecule has 1 heterocycles. The Hall–Kier alpha value is -2.90. The molecule has 1 aliphatic rings. The van der Waals surface area contributed by atoms with Crippen LogP contribution in [0.1, 0.15) is 42.0 Å². The minimum atomic E-state index is -4.20. The van der Waals surface area contributed by atoms with Crippen LogP contribution in [0.15, 0.2) is 65.4 Å². The number of rotatable bonds is 13. The van der Waals surface area contributed by atoms with Gasteiger partial charge in [-0.05, 0) is 73.6 Å². The molecule has 0 spiro atoms. The summed E-state index contributed by atoms with van der Waals surface area (Å²) in [6.07, 6.45) is 9.64. The Morgan fingerprint density at radius 3 is 2.56 bits per heavy atom. The standard InChI is InChI=1S/C29H39N3O7S2/c1-20-8-6-11-28(22(20)3)41(37,38)32(15-16-39-19-29(33)31-14-17-40(34,35)36)24(5)26-9-7-10-27(23(26)4)25-12-13-30-18-21(25)2/h6-13,18,23-24,27H,14-17,19H2,1-5H3,(H,31,33)(H,34,35,36)/t23?,24-,27?/m0/s1. The second-order valence-electron chi connectivity index (χ2n) is 10.3. The number of carbonyl (C=O) groups excluding carboxylic acids is 1. The summed E-state index contributed by atoms with van der Waals surface area (Å²) in [5, 5.41) is 2.35. The summed E-state index contributed by atoms with van der Waals surface area (Å²) in [7, 11) is -8.16. The average molecular weight is 606 g/mol. The van der Waals surface area contributed by atoms with Crippen LogP contribution >= 0.6 is 0 Å². The van der Waals surface area contributed by atoms with Crippen LogP contribution in [-0.2, 0) is 29.7 Å². The zero-order valence-electron chi connectivity index (χ0n) is 24.1. The maximum atomic E-state index is 14.1. The molecule has 2 N–H and O–H groups in total. The number of pyridine rings is 1. The highest BCUT2D eigenvalue weighted by Gasteiger charge is 2.36. The molecular formula is C29H39N3O7S2. The summed E-state index contributed by atoms with van der Waals surface area (Å²) in [6.45, 7) is 8.89. The number of ether oxygens (including phenoxy) is 1. The maximum Gasteiger partial charge on any atom is 0.266 e. The summed E-state index contributed by atoms with van der Waals surface area (Å²) in [5.74, 6) is -1.13. The molecular weight excluding hydrogens is 566 g/mol. The molecule has 1 aromatic heterocycles. The molecule has 0 fully saturated rings. The summed E-state index contributed by atoms with van der Waals surface area (Å²) in [4.78, 5) is 16.5. The Kier molecular flexibility index (Phi) is 11.0. The first-order chi connectivity index (χ1) is 19.2. The van der Waals surface area contributed by atoms with E-state index in [9.17, 15) is 21.6 Å². The lowest BCUT2D eigenvalue weighted by Gasteiger charge is -2.36. The lowest BCUT2D eigenvalue weighted by Crippen LogP contribution is -2.44. The van der Waals surface area contributed by atoms with Crippen molar-refractivity contribution in [3.63, 3.8) is 0 Å². The van der Waals surface area contributed by atoms with Crippen LogP contribution in [0.5, 0.6) is 0 Å². The van der Waals surface area contributed by atoms with Gasteiger partial charge in [-0.3, -0.25) is 14.3 Å². The Morgan fingerprint density at radius 2 is 1.88 bits per heavy atom. The lowest BCUT2D eigenvalue weighted by molar-refractivity contribution is -0.125. The van der Waals surface area contributed by atoms with Gasteiger partial charge >= 0.3 is 0 Å². The summed E-state index contributed by atoms with van der Waals surface area (Å²) in [6, 6.07) is 6.66. The fraction of sp³-hybridized carbons (Fsp3) is 0.448. The number of nitrogens with zero attached hydrogens (tertiary/aromatic N) is 2. The molecule has 3 rings (SSSR count). The van der Waals surface area contributed by atoms with Gasteiger partial charge in [-0.1, -0.05) is 37.3 Å². The molecule has 0 bridgehead atoms. The summed E-state index contributed by atoms with van der Waals surface area (Å²) in [5.41, 5.74) is 4.67. The van der Waals surface area contributed by atoms with Gasteiger partial charge in [0.05, 0.1) is 17.3 Å². The maximum absolute atomic E-state index is 14.1. The Balaban J connectivity index is 1.83. The largest absolute Gasteiger partial charge is 0.370 e. The molecule has 224 valence electrons. The lowest BCUT2D eigenvalue weighted by atomic mass is 9.76. The van der Waals surface area contributed by atoms with Gasteiger partial charge in [-0.15, -0.1) is 0 Å². The molecule has 0 saturated carbocycles. The summed E-state index contributed by atoms with van der Waals surface area (Å²) < 4.78 is 65.6. The number of allylic oxidation sites excluding steroid dienone is 3. The first-order valence-corrected chi connectivity index (χ1v) is 16.5. The minimum Gasteiger partial charge on any atom is -0.370 e. The van der Waals surface area contributed by atoms with Crippen molar-refractivity contribution in [2.24, 2.45) is 5.92 Å². The van der Waals surface area contributed by atoms with Crippen LogP contribution < -0.4 is 5.32 Å². The highest BCUT2D eigenvalue weighted by Crippen LogP contribution is 2.39. The van der Waals surface area contributed by atoms with E-state index in [0.717, 1.165) is 22.3 Å². The molecule has 0 aliphatic heterocycles. The number of hydrogen-bond donors (Lipinski definition) is 2. The van der Waals surface area contributed by atoms with Crippen molar-refractivity contribution in [3.8, 4) is 0 Å². The Labute approximate surface area is 243 Å². The molecule has 10 nitrogen and oxygen atoms in total. The van der Waals surface area contributed by atoms with Crippen molar-refractivity contribution in [3.05, 3.63) is 82.7 Å². The van der Waals surface area contributed by atoms with Gasteiger partial charge in [0, 0.05) is 37.4 Å². The van der Waals surface area contributed by atoms with Crippen LogP contribution in [0.3, 0.4) is 0 Å². The fourth-order valence-electron chi connectivity index (χ4n) is 5.07. The molecule has 2 aromatic rings. The third-order valence-corrected chi connectivity index (χ3v) is 10.4. The van der Waals surface area contributed by atoms with Crippen LogP contribution in [0.4, 0.5) is 0 Å².